The van der Waals surface area contributed by atoms with Crippen molar-refractivity contribution >= 4 is 17.1 Å². The van der Waals surface area contributed by atoms with Crippen molar-refractivity contribution in [3.8, 4) is 5.75 Å². The highest BCUT2D eigenvalue weighted by Crippen LogP contribution is 2.78. The number of hydrogen-bond acceptors (Lipinski definition) is 8. The SMILES string of the molecule is Cc1ccc(C(=O)C2=C[C@@]34C=C[C@@]25[C@@H]2CC[C@@](O)(CN(Cc6ccc(OC(F)(F)F)cc6)C[C@H](O)CO)[C@@]2(C)CC[C@@H]5[C@@]3(C)CCC(O)C4)s1. The Hall–Kier alpha value is -2.54. The van der Waals surface area contributed by atoms with Crippen LogP contribution in [0.5, 0.6) is 5.75 Å². The zero-order chi connectivity index (χ0) is 35.9. The number of ether oxygens (including phenoxy) is 1. The summed E-state index contributed by atoms with van der Waals surface area (Å²) in [5.41, 5.74) is -1.55. The van der Waals surface area contributed by atoms with Crippen LogP contribution in [0, 0.1) is 40.4 Å². The van der Waals surface area contributed by atoms with E-state index in [1.807, 2.05) is 24.0 Å². The van der Waals surface area contributed by atoms with E-state index in [-0.39, 0.29) is 48.4 Å². The molecule has 7 nitrogen and oxygen atoms in total. The van der Waals surface area contributed by atoms with Crippen molar-refractivity contribution in [2.75, 3.05) is 19.7 Å². The standard InChI is InChI=1S/C39H48F3NO6S/c1-24-4-9-30(50-24)33(47)29-19-36-16-17-38(29)31(34(36,2)13-10-26(45)18-36)11-14-35(3)32(38)12-15-37(35,48)23-43(21-27(46)22-44)20-25-5-7-28(8-6-25)49-39(40,41)42/h4-9,16-17,19,26-27,31-32,44-46,48H,10-15,18,20-23H2,1-3H3/t26?,27-,31+,32+,34+,35-,36-,37+,38+/m0/s1. The van der Waals surface area contributed by atoms with Crippen molar-refractivity contribution in [3.05, 3.63) is 75.5 Å². The monoisotopic (exact) mass is 715 g/mol. The number of aliphatic hydroxyl groups excluding tert-OH is 3. The fourth-order valence-electron chi connectivity index (χ4n) is 11.3. The van der Waals surface area contributed by atoms with E-state index in [0.717, 1.165) is 36.1 Å². The zero-order valence-corrected chi connectivity index (χ0v) is 29.7. The fourth-order valence-corrected chi connectivity index (χ4v) is 12.1. The maximum atomic E-state index is 14.7. The molecule has 6 aliphatic carbocycles. The number of alkyl halides is 3. The van der Waals surface area contributed by atoms with Gasteiger partial charge in [0, 0.05) is 46.3 Å². The van der Waals surface area contributed by atoms with E-state index in [1.54, 1.807) is 0 Å². The van der Waals surface area contributed by atoms with Crippen molar-refractivity contribution in [3.63, 3.8) is 0 Å². The predicted molar refractivity (Wildman–Crippen MR) is 183 cm³/mol. The van der Waals surface area contributed by atoms with Crippen molar-refractivity contribution in [2.24, 2.45) is 33.5 Å². The van der Waals surface area contributed by atoms with Crippen LogP contribution in [0.2, 0.25) is 0 Å². The van der Waals surface area contributed by atoms with Gasteiger partial charge in [-0.15, -0.1) is 24.5 Å². The lowest BCUT2D eigenvalue weighted by Crippen LogP contribution is -2.67. The summed E-state index contributed by atoms with van der Waals surface area (Å²) >= 11 is 1.50. The predicted octanol–water partition coefficient (Wildman–Crippen LogP) is 6.58. The van der Waals surface area contributed by atoms with Crippen LogP contribution in [0.1, 0.15) is 78.9 Å². The summed E-state index contributed by atoms with van der Waals surface area (Å²) in [4.78, 5) is 18.3. The third-order valence-corrected chi connectivity index (χ3v) is 14.6. The number of thiophene rings is 1. The van der Waals surface area contributed by atoms with E-state index in [2.05, 4.69) is 36.8 Å². The lowest BCUT2D eigenvalue weighted by molar-refractivity contribution is -0.274. The minimum absolute atomic E-state index is 0.0317. The summed E-state index contributed by atoms with van der Waals surface area (Å²) in [5, 5.41) is 44.1. The molecule has 11 heteroatoms. The van der Waals surface area contributed by atoms with Crippen LogP contribution < -0.4 is 4.74 Å². The lowest BCUT2D eigenvalue weighted by atomic mass is 9.32. The molecule has 1 aromatic carbocycles. The van der Waals surface area contributed by atoms with Crippen molar-refractivity contribution < 1.29 is 43.1 Å². The van der Waals surface area contributed by atoms with E-state index in [4.69, 9.17) is 0 Å². The molecular weight excluding hydrogens is 667 g/mol. The zero-order valence-electron chi connectivity index (χ0n) is 28.9. The maximum absolute atomic E-state index is 14.7. The van der Waals surface area contributed by atoms with Crippen LogP contribution in [0.15, 0.2) is 60.2 Å². The molecule has 2 spiro atoms. The van der Waals surface area contributed by atoms with Gasteiger partial charge in [0.2, 0.25) is 0 Å². The first-order chi connectivity index (χ1) is 23.5. The molecule has 6 aliphatic rings. The molecule has 8 rings (SSSR count). The number of fused-ring (bicyclic) bond motifs is 1. The summed E-state index contributed by atoms with van der Waals surface area (Å²) in [6, 6.07) is 9.44. The van der Waals surface area contributed by atoms with Gasteiger partial charge in [0.05, 0.1) is 29.3 Å². The molecule has 1 aromatic heterocycles. The summed E-state index contributed by atoms with van der Waals surface area (Å²) in [7, 11) is 0. The molecule has 0 amide bonds. The number of allylic oxidation sites excluding steroid dienone is 4. The first kappa shape index (κ1) is 35.8. The molecular formula is C39H48F3NO6S. The third-order valence-electron chi connectivity index (χ3n) is 13.6. The number of carbonyl (C=O) groups excluding carboxylic acids is 1. The van der Waals surface area contributed by atoms with Crippen LogP contribution in [0.4, 0.5) is 13.2 Å². The van der Waals surface area contributed by atoms with Crippen LogP contribution >= 0.6 is 11.3 Å². The highest BCUT2D eigenvalue weighted by atomic mass is 32.1. The molecule has 3 fully saturated rings. The minimum atomic E-state index is -4.81. The Morgan fingerprint density at radius 3 is 2.36 bits per heavy atom. The third kappa shape index (κ3) is 5.53. The van der Waals surface area contributed by atoms with Crippen LogP contribution in [0.3, 0.4) is 0 Å². The second kappa shape index (κ2) is 12.3. The average molecular weight is 716 g/mol. The molecule has 1 unspecified atom stereocenters. The summed E-state index contributed by atoms with van der Waals surface area (Å²) in [6.07, 6.45) is 5.32. The quantitative estimate of drug-likeness (QED) is 0.163. The number of hydrogen-bond donors (Lipinski definition) is 4. The highest BCUT2D eigenvalue weighted by Gasteiger charge is 2.74. The minimum Gasteiger partial charge on any atom is -0.406 e. The van der Waals surface area contributed by atoms with E-state index in [1.165, 1.54) is 35.6 Å². The average Bonchev–Trinajstić information content (AvgIpc) is 3.60. The Bertz CT molecular complexity index is 1690. The topological polar surface area (TPSA) is 110 Å². The number of Topliss-reactive ketones (excluding diaryl/α,β-unsaturated/α-hetero) is 1. The van der Waals surface area contributed by atoms with Gasteiger partial charge in [0.15, 0.2) is 5.78 Å². The van der Waals surface area contributed by atoms with Gasteiger partial charge < -0.3 is 25.2 Å². The Kier molecular flexibility index (Phi) is 8.80. The van der Waals surface area contributed by atoms with Gasteiger partial charge in [-0.3, -0.25) is 9.69 Å². The Labute approximate surface area is 295 Å². The van der Waals surface area contributed by atoms with Crippen molar-refractivity contribution in [1.82, 2.24) is 4.90 Å². The highest BCUT2D eigenvalue weighted by molar-refractivity contribution is 7.14. The summed E-state index contributed by atoms with van der Waals surface area (Å²) in [5.74, 6) is -0.207. The molecule has 272 valence electrons. The molecule has 1 heterocycles. The number of rotatable bonds is 10. The second-order valence-corrected chi connectivity index (χ2v) is 17.5. The van der Waals surface area contributed by atoms with Gasteiger partial charge in [-0.1, -0.05) is 44.2 Å². The fraction of sp³-hybridized carbons (Fsp3) is 0.615. The molecule has 0 aliphatic heterocycles. The summed E-state index contributed by atoms with van der Waals surface area (Å²) in [6.45, 7) is 6.47. The van der Waals surface area contributed by atoms with Gasteiger partial charge in [-0.05, 0) is 98.9 Å². The van der Waals surface area contributed by atoms with Gasteiger partial charge in [-0.2, -0.15) is 0 Å². The van der Waals surface area contributed by atoms with Crippen LogP contribution in [-0.4, -0.2) is 75.0 Å². The van der Waals surface area contributed by atoms with E-state index in [9.17, 15) is 38.4 Å². The number of benzene rings is 1. The number of halogens is 3. The molecule has 2 bridgehead atoms. The number of nitrogens with zero attached hydrogens (tertiary/aromatic N) is 1. The molecule has 50 heavy (non-hydrogen) atoms. The molecule has 0 radical (unpaired) electrons. The maximum Gasteiger partial charge on any atom is 0.573 e. The van der Waals surface area contributed by atoms with E-state index >= 15 is 0 Å². The van der Waals surface area contributed by atoms with Gasteiger partial charge in [-0.25, -0.2) is 0 Å². The Balaban J connectivity index is 1.24. The first-order valence-corrected chi connectivity index (χ1v) is 18.6. The summed E-state index contributed by atoms with van der Waals surface area (Å²) < 4.78 is 42.3. The molecule has 3 saturated carbocycles. The Morgan fingerprint density at radius 2 is 1.70 bits per heavy atom. The number of aliphatic hydroxyl groups is 4. The van der Waals surface area contributed by atoms with Gasteiger partial charge in [0.25, 0.3) is 0 Å². The smallest absolute Gasteiger partial charge is 0.406 e. The van der Waals surface area contributed by atoms with Crippen LogP contribution in [-0.2, 0) is 6.54 Å². The van der Waals surface area contributed by atoms with Crippen molar-refractivity contribution in [1.29, 1.82) is 0 Å². The van der Waals surface area contributed by atoms with Gasteiger partial charge in [0.1, 0.15) is 5.75 Å². The molecule has 4 N–H and O–H groups in total. The van der Waals surface area contributed by atoms with Crippen LogP contribution in [0.25, 0.3) is 0 Å². The first-order valence-electron chi connectivity index (χ1n) is 17.8. The number of ketones is 1. The molecule has 2 aromatic rings. The molecule has 0 saturated heterocycles. The van der Waals surface area contributed by atoms with E-state index in [0.29, 0.717) is 29.7 Å². The number of carbonyl (C=O) groups is 1. The Morgan fingerprint density at radius 1 is 1.02 bits per heavy atom. The lowest BCUT2D eigenvalue weighted by Gasteiger charge is -2.71. The van der Waals surface area contributed by atoms with Crippen molar-refractivity contribution in [2.45, 2.75) is 96.4 Å². The largest absolute Gasteiger partial charge is 0.573 e. The second-order valence-electron chi connectivity index (χ2n) is 16.2. The van der Waals surface area contributed by atoms with Gasteiger partial charge >= 0.3 is 6.36 Å². The number of aryl methyl sites for hydroxylation is 1. The normalized spacial score (nSPS) is 38.0. The van der Waals surface area contributed by atoms with E-state index < -0.39 is 47.0 Å². The molecule has 9 atom stereocenters.